The van der Waals surface area contributed by atoms with Crippen LogP contribution in [0, 0.1) is 6.92 Å². The molecule has 1 N–H and O–H groups in total. The van der Waals surface area contributed by atoms with Gasteiger partial charge in [-0.25, -0.2) is 9.97 Å². The maximum Gasteiger partial charge on any atom is 0.244 e. The smallest absolute Gasteiger partial charge is 0.244 e. The van der Waals surface area contributed by atoms with Crippen LogP contribution in [-0.4, -0.2) is 43.2 Å². The first kappa shape index (κ1) is 20.6. The van der Waals surface area contributed by atoms with Crippen molar-refractivity contribution in [2.24, 2.45) is 0 Å². The number of nitrogens with one attached hydrogen (secondary N) is 1. The van der Waals surface area contributed by atoms with E-state index in [1.54, 1.807) is 20.3 Å². The molecule has 1 aliphatic heterocycles. The molecule has 2 aromatic rings. The number of aromatic nitrogens is 2. The van der Waals surface area contributed by atoms with E-state index in [0.717, 1.165) is 36.0 Å². The molecular weight excluding hydrogens is 368 g/mol. The first-order valence-electron chi connectivity index (χ1n) is 9.86. The van der Waals surface area contributed by atoms with Crippen LogP contribution in [0.5, 0.6) is 11.5 Å². The van der Waals surface area contributed by atoms with E-state index in [1.165, 1.54) is 25.3 Å². The zero-order chi connectivity index (χ0) is 20.6. The van der Waals surface area contributed by atoms with E-state index in [1.807, 2.05) is 31.2 Å². The molecule has 2 heterocycles. The Balaban J connectivity index is 1.60. The number of carbonyl (C=O) groups is 1. The standard InChI is InChI=1S/C22H28N4O3/c1-16-13-18(25-22(24-16)26-11-5-4-6-12-26)15-23-21(27)10-8-17-7-9-19(28-2)20(14-17)29-3/h7-10,13-14H,4-6,11-12,15H2,1-3H3,(H,23,27)/b10-8+. The Morgan fingerprint density at radius 2 is 1.86 bits per heavy atom. The van der Waals surface area contributed by atoms with Gasteiger partial charge in [-0.15, -0.1) is 0 Å². The summed E-state index contributed by atoms with van der Waals surface area (Å²) in [6, 6.07) is 7.40. The minimum Gasteiger partial charge on any atom is -0.493 e. The van der Waals surface area contributed by atoms with E-state index < -0.39 is 0 Å². The van der Waals surface area contributed by atoms with Crippen LogP contribution in [0.1, 0.15) is 36.2 Å². The van der Waals surface area contributed by atoms with Crippen LogP contribution in [0.4, 0.5) is 5.95 Å². The molecule has 1 aliphatic rings. The first-order chi connectivity index (χ1) is 14.1. The highest BCUT2D eigenvalue weighted by Crippen LogP contribution is 2.27. The Kier molecular flexibility index (Phi) is 7.05. The van der Waals surface area contributed by atoms with Crippen LogP contribution in [-0.2, 0) is 11.3 Å². The number of rotatable bonds is 7. The number of amides is 1. The summed E-state index contributed by atoms with van der Waals surface area (Å²) in [6.07, 6.45) is 6.84. The Bertz CT molecular complexity index is 876. The summed E-state index contributed by atoms with van der Waals surface area (Å²) in [4.78, 5) is 23.6. The summed E-state index contributed by atoms with van der Waals surface area (Å²) in [5, 5.41) is 2.89. The van der Waals surface area contributed by atoms with Crippen LogP contribution in [0.15, 0.2) is 30.3 Å². The molecule has 0 radical (unpaired) electrons. The molecule has 7 nitrogen and oxygen atoms in total. The molecule has 0 saturated carbocycles. The van der Waals surface area contributed by atoms with Gasteiger partial charge >= 0.3 is 0 Å². The number of ether oxygens (including phenoxy) is 2. The molecule has 7 heteroatoms. The van der Waals surface area contributed by atoms with Crippen LogP contribution < -0.4 is 19.7 Å². The van der Waals surface area contributed by atoms with Gasteiger partial charge in [0, 0.05) is 24.9 Å². The van der Waals surface area contributed by atoms with Crippen molar-refractivity contribution in [2.45, 2.75) is 32.7 Å². The van der Waals surface area contributed by atoms with Crippen molar-refractivity contribution in [2.75, 3.05) is 32.2 Å². The van der Waals surface area contributed by atoms with Gasteiger partial charge in [-0.3, -0.25) is 4.79 Å². The second-order valence-electron chi connectivity index (χ2n) is 7.01. The third kappa shape index (κ3) is 5.70. The summed E-state index contributed by atoms with van der Waals surface area (Å²) < 4.78 is 10.5. The minimum atomic E-state index is -0.185. The van der Waals surface area contributed by atoms with Crippen molar-refractivity contribution >= 4 is 17.9 Å². The number of nitrogens with zero attached hydrogens (tertiary/aromatic N) is 3. The van der Waals surface area contributed by atoms with Crippen molar-refractivity contribution in [3.63, 3.8) is 0 Å². The van der Waals surface area contributed by atoms with Crippen molar-refractivity contribution < 1.29 is 14.3 Å². The molecule has 1 aromatic heterocycles. The molecule has 0 bridgehead atoms. The van der Waals surface area contributed by atoms with Gasteiger partial charge < -0.3 is 19.7 Å². The van der Waals surface area contributed by atoms with E-state index in [4.69, 9.17) is 9.47 Å². The highest BCUT2D eigenvalue weighted by atomic mass is 16.5. The van der Waals surface area contributed by atoms with Gasteiger partial charge in [-0.05, 0) is 56.0 Å². The lowest BCUT2D eigenvalue weighted by molar-refractivity contribution is -0.116. The van der Waals surface area contributed by atoms with E-state index in [-0.39, 0.29) is 5.91 Å². The summed E-state index contributed by atoms with van der Waals surface area (Å²) in [5.41, 5.74) is 2.57. The van der Waals surface area contributed by atoms with Crippen LogP contribution in [0.3, 0.4) is 0 Å². The van der Waals surface area contributed by atoms with E-state index >= 15 is 0 Å². The number of hydrogen-bond acceptors (Lipinski definition) is 6. The zero-order valence-corrected chi connectivity index (χ0v) is 17.3. The fraction of sp³-hybridized carbons (Fsp3) is 0.409. The van der Waals surface area contributed by atoms with Gasteiger partial charge in [-0.2, -0.15) is 0 Å². The topological polar surface area (TPSA) is 76.6 Å². The molecule has 0 unspecified atom stereocenters. The molecule has 0 aliphatic carbocycles. The van der Waals surface area contributed by atoms with Gasteiger partial charge in [-0.1, -0.05) is 6.07 Å². The van der Waals surface area contributed by atoms with Crippen molar-refractivity contribution in [3.8, 4) is 11.5 Å². The van der Waals surface area contributed by atoms with Crippen LogP contribution >= 0.6 is 0 Å². The summed E-state index contributed by atoms with van der Waals surface area (Å²) in [5.74, 6) is 1.85. The Morgan fingerprint density at radius 3 is 2.59 bits per heavy atom. The van der Waals surface area contributed by atoms with Crippen LogP contribution in [0.2, 0.25) is 0 Å². The monoisotopic (exact) mass is 396 g/mol. The number of carbonyl (C=O) groups excluding carboxylic acids is 1. The number of aryl methyl sites for hydroxylation is 1. The van der Waals surface area contributed by atoms with Crippen molar-refractivity contribution in [3.05, 3.63) is 47.3 Å². The van der Waals surface area contributed by atoms with E-state index in [2.05, 4.69) is 20.2 Å². The lowest BCUT2D eigenvalue weighted by atomic mass is 10.1. The molecule has 3 rings (SSSR count). The molecule has 29 heavy (non-hydrogen) atoms. The van der Waals surface area contributed by atoms with Gasteiger partial charge in [0.15, 0.2) is 11.5 Å². The average Bonchev–Trinajstić information content (AvgIpc) is 2.76. The number of hydrogen-bond donors (Lipinski definition) is 1. The Hall–Kier alpha value is -3.09. The highest BCUT2D eigenvalue weighted by molar-refractivity contribution is 5.91. The first-order valence-corrected chi connectivity index (χ1v) is 9.86. The van der Waals surface area contributed by atoms with Crippen LogP contribution in [0.25, 0.3) is 6.08 Å². The van der Waals surface area contributed by atoms with Gasteiger partial charge in [0.1, 0.15) is 0 Å². The fourth-order valence-electron chi connectivity index (χ4n) is 3.31. The maximum absolute atomic E-state index is 12.2. The maximum atomic E-state index is 12.2. The number of benzene rings is 1. The third-order valence-electron chi connectivity index (χ3n) is 4.81. The lowest BCUT2D eigenvalue weighted by Gasteiger charge is -2.27. The quantitative estimate of drug-likeness (QED) is 0.725. The van der Waals surface area contributed by atoms with Crippen molar-refractivity contribution in [1.29, 1.82) is 0 Å². The number of piperidine rings is 1. The van der Waals surface area contributed by atoms with E-state index in [0.29, 0.717) is 18.0 Å². The average molecular weight is 396 g/mol. The summed E-state index contributed by atoms with van der Waals surface area (Å²) >= 11 is 0. The number of methoxy groups -OCH3 is 2. The second-order valence-corrected chi connectivity index (χ2v) is 7.01. The largest absolute Gasteiger partial charge is 0.493 e. The minimum absolute atomic E-state index is 0.185. The SMILES string of the molecule is COc1ccc(/C=C/C(=O)NCc2cc(C)nc(N3CCCCC3)n2)cc1OC. The van der Waals surface area contributed by atoms with E-state index in [9.17, 15) is 4.79 Å². The Morgan fingerprint density at radius 1 is 1.10 bits per heavy atom. The number of anilines is 1. The van der Waals surface area contributed by atoms with Gasteiger partial charge in [0.25, 0.3) is 0 Å². The predicted molar refractivity (Wildman–Crippen MR) is 113 cm³/mol. The molecular formula is C22H28N4O3. The third-order valence-corrected chi connectivity index (χ3v) is 4.81. The van der Waals surface area contributed by atoms with Gasteiger partial charge in [0.2, 0.25) is 11.9 Å². The molecule has 1 saturated heterocycles. The lowest BCUT2D eigenvalue weighted by Crippen LogP contribution is -2.31. The Labute approximate surface area is 171 Å². The summed E-state index contributed by atoms with van der Waals surface area (Å²) in [6.45, 7) is 4.29. The molecule has 1 amide bonds. The normalized spacial score (nSPS) is 14.1. The predicted octanol–water partition coefficient (Wildman–Crippen LogP) is 3.12. The zero-order valence-electron chi connectivity index (χ0n) is 17.3. The van der Waals surface area contributed by atoms with Crippen molar-refractivity contribution in [1.82, 2.24) is 15.3 Å². The molecule has 1 fully saturated rings. The molecule has 0 spiro atoms. The van der Waals surface area contributed by atoms with Gasteiger partial charge in [0.05, 0.1) is 26.5 Å². The molecule has 0 atom stereocenters. The highest BCUT2D eigenvalue weighted by Gasteiger charge is 2.14. The molecule has 154 valence electrons. The second kappa shape index (κ2) is 9.91. The fourth-order valence-corrected chi connectivity index (χ4v) is 3.31. The summed E-state index contributed by atoms with van der Waals surface area (Å²) in [7, 11) is 3.17. The molecule has 1 aromatic carbocycles.